The van der Waals surface area contributed by atoms with Crippen LogP contribution < -0.4 is 4.90 Å². The molecule has 33 heavy (non-hydrogen) atoms. The smallest absolute Gasteiger partial charge is 0.0602 e. The predicted molar refractivity (Wildman–Crippen MR) is 137 cm³/mol. The van der Waals surface area contributed by atoms with Gasteiger partial charge in [0, 0.05) is 51.0 Å². The Morgan fingerprint density at radius 1 is 0.667 bits per heavy atom. The fourth-order valence-corrected chi connectivity index (χ4v) is 6.04. The van der Waals surface area contributed by atoms with E-state index in [0.29, 0.717) is 12.1 Å². The molecule has 0 spiro atoms. The average molecular weight is 438 g/mol. The molecular weight excluding hydrogens is 402 g/mol. The number of likely N-dealkylation sites (tertiary alicyclic amines) is 1. The summed E-state index contributed by atoms with van der Waals surface area (Å²) in [6.07, 6.45) is 5.27. The number of nitrogens with zero attached hydrogens (tertiary/aromatic N) is 3. The summed E-state index contributed by atoms with van der Waals surface area (Å²) in [6.45, 7) is 7.05. The highest BCUT2D eigenvalue weighted by Gasteiger charge is 2.38. The second-order valence-corrected chi connectivity index (χ2v) is 10.1. The van der Waals surface area contributed by atoms with Crippen molar-refractivity contribution in [2.45, 2.75) is 44.3 Å². The van der Waals surface area contributed by atoms with Crippen molar-refractivity contribution in [1.29, 1.82) is 0 Å². The SMILES string of the molecule is c1ccc(C(c2ccccc2)N2CC(N3CCc4cc(N5CCCCC5)ccc4C3)C2)cc1. The molecule has 3 aromatic rings. The zero-order valence-electron chi connectivity index (χ0n) is 19.6. The Morgan fingerprint density at radius 3 is 2.00 bits per heavy atom. The fraction of sp³-hybridized carbons (Fsp3) is 0.400. The average Bonchev–Trinajstić information content (AvgIpc) is 2.87. The quantitative estimate of drug-likeness (QED) is 0.521. The molecule has 0 N–H and O–H groups in total. The first-order chi connectivity index (χ1) is 16.3. The maximum Gasteiger partial charge on any atom is 0.0602 e. The molecule has 0 radical (unpaired) electrons. The zero-order chi connectivity index (χ0) is 22.0. The number of piperidine rings is 1. The number of hydrogen-bond donors (Lipinski definition) is 0. The van der Waals surface area contributed by atoms with E-state index in [0.717, 1.165) is 19.6 Å². The summed E-state index contributed by atoms with van der Waals surface area (Å²) in [7, 11) is 0. The minimum Gasteiger partial charge on any atom is -0.372 e. The van der Waals surface area contributed by atoms with Gasteiger partial charge in [0.15, 0.2) is 0 Å². The maximum absolute atomic E-state index is 2.73. The molecular formula is C30H35N3. The van der Waals surface area contributed by atoms with E-state index in [1.807, 2.05) is 0 Å². The molecule has 0 saturated carbocycles. The first-order valence-corrected chi connectivity index (χ1v) is 12.8. The van der Waals surface area contributed by atoms with Crippen LogP contribution in [0.3, 0.4) is 0 Å². The van der Waals surface area contributed by atoms with E-state index in [4.69, 9.17) is 0 Å². The molecule has 2 saturated heterocycles. The van der Waals surface area contributed by atoms with Gasteiger partial charge in [-0.25, -0.2) is 0 Å². The van der Waals surface area contributed by atoms with Crippen LogP contribution in [0.1, 0.15) is 47.6 Å². The Hall–Kier alpha value is -2.62. The van der Waals surface area contributed by atoms with Crippen molar-refractivity contribution in [2.24, 2.45) is 0 Å². The molecule has 2 fully saturated rings. The van der Waals surface area contributed by atoms with E-state index >= 15 is 0 Å². The standard InChI is InChI=1S/C30H35N3/c1-4-10-24(11-5-1)30(25-12-6-2-7-13-25)33-22-29(23-33)32-19-16-26-20-28(15-14-27(26)21-32)31-17-8-3-9-18-31/h1-2,4-7,10-15,20,29-30H,3,8-9,16-19,21-23H2. The lowest BCUT2D eigenvalue weighted by Gasteiger charge is -2.50. The van der Waals surface area contributed by atoms with Gasteiger partial charge in [0.2, 0.25) is 0 Å². The Kier molecular flexibility index (Phi) is 5.92. The van der Waals surface area contributed by atoms with E-state index in [1.165, 1.54) is 62.1 Å². The number of hydrogen-bond acceptors (Lipinski definition) is 3. The van der Waals surface area contributed by atoms with Gasteiger partial charge in [-0.15, -0.1) is 0 Å². The van der Waals surface area contributed by atoms with Crippen molar-refractivity contribution in [1.82, 2.24) is 9.80 Å². The van der Waals surface area contributed by atoms with Crippen LogP contribution >= 0.6 is 0 Å². The molecule has 170 valence electrons. The van der Waals surface area contributed by atoms with Gasteiger partial charge in [0.05, 0.1) is 6.04 Å². The van der Waals surface area contributed by atoms with Crippen LogP contribution in [0.2, 0.25) is 0 Å². The van der Waals surface area contributed by atoms with Crippen LogP contribution in [0.4, 0.5) is 5.69 Å². The second-order valence-electron chi connectivity index (χ2n) is 10.1. The highest BCUT2D eigenvalue weighted by Crippen LogP contribution is 2.35. The molecule has 3 aliphatic heterocycles. The van der Waals surface area contributed by atoms with Crippen molar-refractivity contribution in [2.75, 3.05) is 37.6 Å². The number of rotatable bonds is 5. The molecule has 3 aliphatic rings. The topological polar surface area (TPSA) is 9.72 Å². The van der Waals surface area contributed by atoms with Gasteiger partial charge in [-0.3, -0.25) is 9.80 Å². The Bertz CT molecular complexity index is 1010. The minimum atomic E-state index is 0.354. The Balaban J connectivity index is 1.13. The number of anilines is 1. The van der Waals surface area contributed by atoms with Crippen LogP contribution in [0, 0.1) is 0 Å². The molecule has 0 aromatic heterocycles. The van der Waals surface area contributed by atoms with E-state index in [9.17, 15) is 0 Å². The molecule has 0 unspecified atom stereocenters. The maximum atomic E-state index is 2.73. The van der Waals surface area contributed by atoms with Crippen LogP contribution in [-0.4, -0.2) is 48.6 Å². The second kappa shape index (κ2) is 9.32. The van der Waals surface area contributed by atoms with E-state index in [2.05, 4.69) is 93.6 Å². The molecule has 3 heterocycles. The van der Waals surface area contributed by atoms with Crippen molar-refractivity contribution in [3.8, 4) is 0 Å². The third-order valence-electron chi connectivity index (χ3n) is 7.96. The summed E-state index contributed by atoms with van der Waals surface area (Å²) in [5.41, 5.74) is 7.37. The molecule has 0 bridgehead atoms. The van der Waals surface area contributed by atoms with Crippen LogP contribution in [0.15, 0.2) is 78.9 Å². The summed E-state index contributed by atoms with van der Waals surface area (Å²) in [4.78, 5) is 7.98. The van der Waals surface area contributed by atoms with Crippen LogP contribution in [0.25, 0.3) is 0 Å². The lowest BCUT2D eigenvalue weighted by molar-refractivity contribution is 0.00728. The number of benzene rings is 3. The van der Waals surface area contributed by atoms with E-state index in [1.54, 1.807) is 11.1 Å². The van der Waals surface area contributed by atoms with Gasteiger partial charge >= 0.3 is 0 Å². The van der Waals surface area contributed by atoms with Crippen LogP contribution in [0.5, 0.6) is 0 Å². The van der Waals surface area contributed by atoms with Gasteiger partial charge in [0.25, 0.3) is 0 Å². The third kappa shape index (κ3) is 4.32. The highest BCUT2D eigenvalue weighted by atomic mass is 15.3. The normalized spacial score (nSPS) is 20.0. The monoisotopic (exact) mass is 437 g/mol. The summed E-state index contributed by atoms with van der Waals surface area (Å²) in [5.74, 6) is 0. The lowest BCUT2D eigenvalue weighted by atomic mass is 9.91. The molecule has 0 atom stereocenters. The Morgan fingerprint density at radius 2 is 1.33 bits per heavy atom. The van der Waals surface area contributed by atoms with E-state index < -0.39 is 0 Å². The summed E-state index contributed by atoms with van der Waals surface area (Å²) >= 11 is 0. The van der Waals surface area contributed by atoms with Crippen molar-refractivity contribution >= 4 is 5.69 Å². The Labute approximate surface area is 198 Å². The van der Waals surface area contributed by atoms with E-state index in [-0.39, 0.29) is 0 Å². The lowest BCUT2D eigenvalue weighted by Crippen LogP contribution is -2.60. The third-order valence-corrected chi connectivity index (χ3v) is 7.96. The van der Waals surface area contributed by atoms with Crippen molar-refractivity contribution in [3.63, 3.8) is 0 Å². The fourth-order valence-electron chi connectivity index (χ4n) is 6.04. The minimum absolute atomic E-state index is 0.354. The van der Waals surface area contributed by atoms with Gasteiger partial charge in [0.1, 0.15) is 0 Å². The van der Waals surface area contributed by atoms with Crippen LogP contribution in [-0.2, 0) is 13.0 Å². The first kappa shape index (κ1) is 20.9. The van der Waals surface area contributed by atoms with Gasteiger partial charge in [-0.2, -0.15) is 0 Å². The predicted octanol–water partition coefficient (Wildman–Crippen LogP) is 5.51. The van der Waals surface area contributed by atoms with Crippen molar-refractivity contribution < 1.29 is 0 Å². The summed E-state index contributed by atoms with van der Waals surface area (Å²) < 4.78 is 0. The molecule has 6 rings (SSSR count). The summed E-state index contributed by atoms with van der Waals surface area (Å²) in [6, 6.07) is 30.3. The highest BCUT2D eigenvalue weighted by molar-refractivity contribution is 5.52. The largest absolute Gasteiger partial charge is 0.372 e. The molecule has 3 heteroatoms. The molecule has 0 amide bonds. The zero-order valence-corrected chi connectivity index (χ0v) is 19.6. The van der Waals surface area contributed by atoms with Crippen molar-refractivity contribution in [3.05, 3.63) is 101 Å². The molecule has 3 nitrogen and oxygen atoms in total. The first-order valence-electron chi connectivity index (χ1n) is 12.8. The van der Waals surface area contributed by atoms with Gasteiger partial charge in [-0.1, -0.05) is 66.7 Å². The molecule has 0 aliphatic carbocycles. The summed E-state index contributed by atoms with van der Waals surface area (Å²) in [5, 5.41) is 0. The van der Waals surface area contributed by atoms with Gasteiger partial charge < -0.3 is 4.90 Å². The molecule has 3 aromatic carbocycles. The van der Waals surface area contributed by atoms with Gasteiger partial charge in [-0.05, 0) is 60.1 Å². The number of fused-ring (bicyclic) bond motifs is 1.